The highest BCUT2D eigenvalue weighted by molar-refractivity contribution is 5.85. The average Bonchev–Trinajstić information content (AvgIpc) is 2.13. The molecule has 7 N–H and O–H groups in total. The number of hydrogen-bond acceptors (Lipinski definition) is 6. The lowest BCUT2D eigenvalue weighted by molar-refractivity contribution is -0.171. The van der Waals surface area contributed by atoms with Crippen molar-refractivity contribution in [3.05, 3.63) is 0 Å². The molecule has 1 fully saturated rings. The van der Waals surface area contributed by atoms with E-state index in [4.69, 9.17) is 10.8 Å². The number of halogens is 1. The number of nitrogens with two attached hydrogens (primary N) is 1. The standard InChI is InChI=1S/C7H15NO5.ClH/c8-3-2(1-9)4(10)6(12)7(13)5(3)11;/h2-7,9-13H,1,8H2;1H/t2-,3-,4-,5+,6+,7+;/m1./s1. The van der Waals surface area contributed by atoms with Crippen LogP contribution in [-0.2, 0) is 0 Å². The average molecular weight is 230 g/mol. The van der Waals surface area contributed by atoms with Crippen LogP contribution in [0.5, 0.6) is 0 Å². The molecule has 0 radical (unpaired) electrons. The van der Waals surface area contributed by atoms with Gasteiger partial charge in [0.05, 0.1) is 18.8 Å². The Morgan fingerprint density at radius 2 is 1.29 bits per heavy atom. The maximum Gasteiger partial charge on any atom is 0.110 e. The molecule has 0 aromatic rings. The van der Waals surface area contributed by atoms with Crippen molar-refractivity contribution < 1.29 is 25.5 Å². The van der Waals surface area contributed by atoms with Gasteiger partial charge in [-0.2, -0.15) is 0 Å². The number of hydrogen-bond donors (Lipinski definition) is 6. The predicted molar refractivity (Wildman–Crippen MR) is 49.8 cm³/mol. The summed E-state index contributed by atoms with van der Waals surface area (Å²) in [5, 5.41) is 45.8. The van der Waals surface area contributed by atoms with Crippen LogP contribution in [0.4, 0.5) is 0 Å². The third-order valence-electron chi connectivity index (χ3n) is 2.59. The summed E-state index contributed by atoms with van der Waals surface area (Å²) in [5.74, 6) is -0.812. The Balaban J connectivity index is 0.00000169. The summed E-state index contributed by atoms with van der Waals surface area (Å²) in [4.78, 5) is 0. The SMILES string of the molecule is Cl.N[C@H]1[C@H](O)[C@H](O)[C@@H](O)[C@H](O)[C@@H]1CO. The summed E-state index contributed by atoms with van der Waals surface area (Å²) in [5.41, 5.74) is 5.43. The van der Waals surface area contributed by atoms with Gasteiger partial charge in [-0.1, -0.05) is 0 Å². The summed E-state index contributed by atoms with van der Waals surface area (Å²) < 4.78 is 0. The van der Waals surface area contributed by atoms with E-state index in [0.717, 1.165) is 0 Å². The molecule has 14 heavy (non-hydrogen) atoms. The largest absolute Gasteiger partial charge is 0.396 e. The van der Waals surface area contributed by atoms with Crippen LogP contribution in [0.1, 0.15) is 0 Å². The molecule has 1 aliphatic rings. The summed E-state index contributed by atoms with van der Waals surface area (Å²) >= 11 is 0. The van der Waals surface area contributed by atoms with Crippen LogP contribution in [0.15, 0.2) is 0 Å². The first-order valence-corrected chi connectivity index (χ1v) is 4.09. The minimum absolute atomic E-state index is 0. The molecule has 7 heteroatoms. The normalized spacial score (nSPS) is 48.4. The molecule has 1 saturated carbocycles. The lowest BCUT2D eigenvalue weighted by Gasteiger charge is -2.41. The number of aliphatic hydroxyl groups excluding tert-OH is 5. The molecule has 0 bridgehead atoms. The first kappa shape index (κ1) is 14.1. The number of rotatable bonds is 1. The van der Waals surface area contributed by atoms with Gasteiger partial charge in [0.2, 0.25) is 0 Å². The molecular formula is C7H16ClNO5. The van der Waals surface area contributed by atoms with Crippen LogP contribution in [-0.4, -0.2) is 62.6 Å². The first-order valence-electron chi connectivity index (χ1n) is 4.09. The van der Waals surface area contributed by atoms with Crippen LogP contribution in [0, 0.1) is 5.92 Å². The van der Waals surface area contributed by atoms with Gasteiger partial charge >= 0.3 is 0 Å². The van der Waals surface area contributed by atoms with Crippen LogP contribution in [0.3, 0.4) is 0 Å². The van der Waals surface area contributed by atoms with Gasteiger partial charge in [0.25, 0.3) is 0 Å². The summed E-state index contributed by atoms with van der Waals surface area (Å²) in [6.45, 7) is -0.441. The zero-order chi connectivity index (χ0) is 10.2. The molecule has 0 amide bonds. The second-order valence-electron chi connectivity index (χ2n) is 3.39. The molecule has 0 unspecified atom stereocenters. The maximum atomic E-state index is 9.33. The molecule has 1 rings (SSSR count). The van der Waals surface area contributed by atoms with Crippen molar-refractivity contribution >= 4 is 12.4 Å². The summed E-state index contributed by atoms with van der Waals surface area (Å²) in [6.07, 6.45) is -5.56. The Hall–Kier alpha value is 0.0500. The molecule has 6 nitrogen and oxygen atoms in total. The molecule has 1 aliphatic carbocycles. The third kappa shape index (κ3) is 2.17. The Bertz CT molecular complexity index is 167. The van der Waals surface area contributed by atoms with Gasteiger partial charge in [-0.15, -0.1) is 12.4 Å². The van der Waals surface area contributed by atoms with Crippen LogP contribution >= 0.6 is 12.4 Å². The van der Waals surface area contributed by atoms with Crippen molar-refractivity contribution in [2.75, 3.05) is 6.61 Å². The van der Waals surface area contributed by atoms with E-state index in [0.29, 0.717) is 0 Å². The van der Waals surface area contributed by atoms with E-state index in [1.54, 1.807) is 0 Å². The Morgan fingerprint density at radius 1 is 0.857 bits per heavy atom. The molecule has 0 aromatic heterocycles. The second kappa shape index (κ2) is 5.22. The van der Waals surface area contributed by atoms with Gasteiger partial charge in [-0.3, -0.25) is 0 Å². The molecular weight excluding hydrogens is 214 g/mol. The number of aliphatic hydroxyl groups is 5. The quantitative estimate of drug-likeness (QED) is 0.281. The Kier molecular flexibility index (Phi) is 5.24. The fourth-order valence-corrected chi connectivity index (χ4v) is 1.60. The molecule has 86 valence electrons. The van der Waals surface area contributed by atoms with Crippen LogP contribution < -0.4 is 5.73 Å². The Labute approximate surface area is 87.4 Å². The van der Waals surface area contributed by atoms with Gasteiger partial charge in [-0.05, 0) is 0 Å². The van der Waals surface area contributed by atoms with E-state index < -0.39 is 43.0 Å². The van der Waals surface area contributed by atoms with Crippen molar-refractivity contribution in [3.8, 4) is 0 Å². The van der Waals surface area contributed by atoms with Crippen molar-refractivity contribution in [3.63, 3.8) is 0 Å². The second-order valence-corrected chi connectivity index (χ2v) is 3.39. The third-order valence-corrected chi connectivity index (χ3v) is 2.59. The van der Waals surface area contributed by atoms with Crippen LogP contribution in [0.2, 0.25) is 0 Å². The molecule has 0 spiro atoms. The smallest absolute Gasteiger partial charge is 0.110 e. The fourth-order valence-electron chi connectivity index (χ4n) is 1.60. The fraction of sp³-hybridized carbons (Fsp3) is 1.00. The van der Waals surface area contributed by atoms with Crippen molar-refractivity contribution in [2.24, 2.45) is 11.7 Å². The molecule has 0 aromatic carbocycles. The highest BCUT2D eigenvalue weighted by Crippen LogP contribution is 2.24. The van der Waals surface area contributed by atoms with Crippen molar-refractivity contribution in [2.45, 2.75) is 30.5 Å². The summed E-state index contributed by atoms with van der Waals surface area (Å²) in [6, 6.07) is -0.932. The zero-order valence-corrected chi connectivity index (χ0v) is 8.21. The Morgan fingerprint density at radius 3 is 1.71 bits per heavy atom. The zero-order valence-electron chi connectivity index (χ0n) is 7.39. The van der Waals surface area contributed by atoms with Crippen LogP contribution in [0.25, 0.3) is 0 Å². The minimum atomic E-state index is -1.47. The van der Waals surface area contributed by atoms with Gasteiger partial charge in [0.1, 0.15) is 12.2 Å². The highest BCUT2D eigenvalue weighted by atomic mass is 35.5. The molecule has 0 aliphatic heterocycles. The van der Waals surface area contributed by atoms with E-state index in [9.17, 15) is 20.4 Å². The van der Waals surface area contributed by atoms with Gasteiger partial charge in [-0.25, -0.2) is 0 Å². The van der Waals surface area contributed by atoms with Gasteiger partial charge in [0.15, 0.2) is 0 Å². The van der Waals surface area contributed by atoms with E-state index in [-0.39, 0.29) is 12.4 Å². The molecule has 0 heterocycles. The monoisotopic (exact) mass is 229 g/mol. The van der Waals surface area contributed by atoms with E-state index >= 15 is 0 Å². The van der Waals surface area contributed by atoms with Crippen molar-refractivity contribution in [1.82, 2.24) is 0 Å². The predicted octanol–water partition coefficient (Wildman–Crippen LogP) is -3.20. The maximum absolute atomic E-state index is 9.33. The lowest BCUT2D eigenvalue weighted by atomic mass is 9.78. The lowest BCUT2D eigenvalue weighted by Crippen LogP contribution is -2.64. The molecule has 6 atom stereocenters. The van der Waals surface area contributed by atoms with Gasteiger partial charge in [0, 0.05) is 12.0 Å². The van der Waals surface area contributed by atoms with E-state index in [1.807, 2.05) is 0 Å². The topological polar surface area (TPSA) is 127 Å². The van der Waals surface area contributed by atoms with Gasteiger partial charge < -0.3 is 31.3 Å². The highest BCUT2D eigenvalue weighted by Gasteiger charge is 2.46. The minimum Gasteiger partial charge on any atom is -0.396 e. The van der Waals surface area contributed by atoms with Crippen molar-refractivity contribution in [1.29, 1.82) is 0 Å². The molecule has 0 saturated heterocycles. The summed E-state index contributed by atoms with van der Waals surface area (Å²) in [7, 11) is 0. The van der Waals surface area contributed by atoms with E-state index in [2.05, 4.69) is 0 Å². The first-order chi connectivity index (χ1) is 6.00. The van der Waals surface area contributed by atoms with E-state index in [1.165, 1.54) is 0 Å².